The maximum Gasteiger partial charge on any atom is 0.338 e. The van der Waals surface area contributed by atoms with Gasteiger partial charge in [0, 0.05) is 6.20 Å². The Hall–Kier alpha value is -2.68. The fourth-order valence-electron chi connectivity index (χ4n) is 1.55. The van der Waals surface area contributed by atoms with Gasteiger partial charge in [-0.3, -0.25) is 4.68 Å². The van der Waals surface area contributed by atoms with Gasteiger partial charge in [0.25, 0.3) is 0 Å². The van der Waals surface area contributed by atoms with E-state index in [0.717, 1.165) is 6.07 Å². The summed E-state index contributed by atoms with van der Waals surface area (Å²) in [5.41, 5.74) is 0.828. The van der Waals surface area contributed by atoms with Gasteiger partial charge in [-0.1, -0.05) is 0 Å². The predicted octanol–water partition coefficient (Wildman–Crippen LogP) is 1.64. The molecule has 2 aromatic rings. The Morgan fingerprint density at radius 2 is 2.28 bits per heavy atom. The molecule has 0 fully saturated rings. The maximum absolute atomic E-state index is 13.2. The lowest BCUT2D eigenvalue weighted by molar-refractivity contribution is 0.0697. The van der Waals surface area contributed by atoms with E-state index in [0.29, 0.717) is 5.56 Å². The molecule has 6 heteroatoms. The van der Waals surface area contributed by atoms with E-state index < -0.39 is 11.8 Å². The first-order valence-electron chi connectivity index (χ1n) is 5.04. The van der Waals surface area contributed by atoms with Crippen molar-refractivity contribution in [2.24, 2.45) is 0 Å². The van der Waals surface area contributed by atoms with Gasteiger partial charge in [-0.2, -0.15) is 10.4 Å². The van der Waals surface area contributed by atoms with E-state index in [1.165, 1.54) is 29.2 Å². The summed E-state index contributed by atoms with van der Waals surface area (Å²) in [4.78, 5) is 10.7. The molecule has 0 atom stereocenters. The number of carboxylic acids is 1. The lowest BCUT2D eigenvalue weighted by Crippen LogP contribution is -2.01. The standard InChI is InChI=1S/C12H8FN3O2/c13-11-2-8(4-14)1-9(3-11)6-16-7-10(5-15-16)12(17)18/h1-3,5,7H,6H2,(H,17,18). The van der Waals surface area contributed by atoms with Crippen LogP contribution < -0.4 is 0 Å². The van der Waals surface area contributed by atoms with Crippen molar-refractivity contribution in [2.45, 2.75) is 6.54 Å². The van der Waals surface area contributed by atoms with Gasteiger partial charge >= 0.3 is 5.97 Å². The molecule has 5 nitrogen and oxygen atoms in total. The third-order valence-electron chi connectivity index (χ3n) is 2.31. The number of carbonyl (C=O) groups is 1. The van der Waals surface area contributed by atoms with Crippen LogP contribution in [0.4, 0.5) is 4.39 Å². The highest BCUT2D eigenvalue weighted by atomic mass is 19.1. The third-order valence-corrected chi connectivity index (χ3v) is 2.31. The lowest BCUT2D eigenvalue weighted by Gasteiger charge is -2.02. The monoisotopic (exact) mass is 245 g/mol. The van der Waals surface area contributed by atoms with Gasteiger partial charge in [-0.25, -0.2) is 9.18 Å². The van der Waals surface area contributed by atoms with E-state index in [1.807, 2.05) is 6.07 Å². The Bertz CT molecular complexity index is 643. The van der Waals surface area contributed by atoms with Crippen molar-refractivity contribution in [1.82, 2.24) is 9.78 Å². The highest BCUT2D eigenvalue weighted by Crippen LogP contribution is 2.10. The first-order valence-corrected chi connectivity index (χ1v) is 5.04. The van der Waals surface area contributed by atoms with E-state index in [4.69, 9.17) is 10.4 Å². The maximum atomic E-state index is 13.2. The molecule has 0 bridgehead atoms. The Morgan fingerprint density at radius 3 is 2.89 bits per heavy atom. The van der Waals surface area contributed by atoms with Gasteiger partial charge in [0.15, 0.2) is 0 Å². The largest absolute Gasteiger partial charge is 0.478 e. The molecule has 0 aliphatic rings. The number of aromatic nitrogens is 2. The zero-order chi connectivity index (χ0) is 13.1. The molecule has 1 aromatic heterocycles. The van der Waals surface area contributed by atoms with Gasteiger partial charge in [0.2, 0.25) is 0 Å². The summed E-state index contributed by atoms with van der Waals surface area (Å²) >= 11 is 0. The molecule has 1 heterocycles. The van der Waals surface area contributed by atoms with Crippen LogP contribution in [0.15, 0.2) is 30.6 Å². The van der Waals surface area contributed by atoms with Crippen molar-refractivity contribution in [2.75, 3.05) is 0 Å². The van der Waals surface area contributed by atoms with Gasteiger partial charge < -0.3 is 5.11 Å². The average Bonchev–Trinajstić information content (AvgIpc) is 2.76. The Morgan fingerprint density at radius 1 is 1.50 bits per heavy atom. The second-order valence-corrected chi connectivity index (χ2v) is 3.69. The number of nitrogens with zero attached hydrogens (tertiary/aromatic N) is 3. The van der Waals surface area contributed by atoms with Crippen LogP contribution >= 0.6 is 0 Å². The molecule has 1 aromatic carbocycles. The summed E-state index contributed by atoms with van der Waals surface area (Å²) in [5, 5.41) is 21.3. The van der Waals surface area contributed by atoms with Crippen molar-refractivity contribution in [3.05, 3.63) is 53.1 Å². The van der Waals surface area contributed by atoms with Crippen molar-refractivity contribution in [1.29, 1.82) is 5.26 Å². The van der Waals surface area contributed by atoms with Gasteiger partial charge in [0.05, 0.1) is 29.9 Å². The van der Waals surface area contributed by atoms with Gasteiger partial charge in [0.1, 0.15) is 5.82 Å². The van der Waals surface area contributed by atoms with Crippen LogP contribution in [-0.2, 0) is 6.54 Å². The molecular formula is C12H8FN3O2. The van der Waals surface area contributed by atoms with E-state index >= 15 is 0 Å². The van der Waals surface area contributed by atoms with Crippen LogP contribution in [0.5, 0.6) is 0 Å². The summed E-state index contributed by atoms with van der Waals surface area (Å²) in [6.07, 6.45) is 2.56. The van der Waals surface area contributed by atoms with E-state index in [2.05, 4.69) is 5.10 Å². The molecule has 0 aliphatic heterocycles. The molecule has 2 rings (SSSR count). The molecule has 0 amide bonds. The quantitative estimate of drug-likeness (QED) is 0.891. The van der Waals surface area contributed by atoms with Crippen LogP contribution in [0.25, 0.3) is 0 Å². The summed E-state index contributed by atoms with van der Waals surface area (Å²) in [5.74, 6) is -1.58. The van der Waals surface area contributed by atoms with E-state index in [1.54, 1.807) is 0 Å². The second-order valence-electron chi connectivity index (χ2n) is 3.69. The van der Waals surface area contributed by atoms with Crippen molar-refractivity contribution in [3.8, 4) is 6.07 Å². The molecule has 0 saturated carbocycles. The highest BCUT2D eigenvalue weighted by molar-refractivity contribution is 5.86. The fourth-order valence-corrected chi connectivity index (χ4v) is 1.55. The number of hydrogen-bond donors (Lipinski definition) is 1. The molecule has 0 aliphatic carbocycles. The molecule has 0 radical (unpaired) electrons. The predicted molar refractivity (Wildman–Crippen MR) is 59.4 cm³/mol. The first kappa shape index (κ1) is 11.8. The molecule has 90 valence electrons. The zero-order valence-corrected chi connectivity index (χ0v) is 9.17. The minimum absolute atomic E-state index is 0.0620. The summed E-state index contributed by atoms with van der Waals surface area (Å²) in [6, 6.07) is 5.80. The minimum atomic E-state index is -1.07. The summed E-state index contributed by atoms with van der Waals surface area (Å²) in [6.45, 7) is 0.208. The zero-order valence-electron chi connectivity index (χ0n) is 9.17. The molecule has 0 spiro atoms. The highest BCUT2D eigenvalue weighted by Gasteiger charge is 2.07. The number of aromatic carboxylic acids is 1. The van der Waals surface area contributed by atoms with Crippen LogP contribution in [0.1, 0.15) is 21.5 Å². The first-order chi connectivity index (χ1) is 8.58. The second kappa shape index (κ2) is 4.67. The molecule has 1 N–H and O–H groups in total. The number of benzene rings is 1. The van der Waals surface area contributed by atoms with Crippen molar-refractivity contribution >= 4 is 5.97 Å². The van der Waals surface area contributed by atoms with E-state index in [9.17, 15) is 9.18 Å². The van der Waals surface area contributed by atoms with Crippen LogP contribution in [0.3, 0.4) is 0 Å². The molecule has 18 heavy (non-hydrogen) atoms. The minimum Gasteiger partial charge on any atom is -0.478 e. The number of nitriles is 1. The number of carboxylic acid groups (broad SMARTS) is 1. The van der Waals surface area contributed by atoms with Gasteiger partial charge in [-0.05, 0) is 23.8 Å². The molecule has 0 unspecified atom stereocenters. The Labute approximate surface area is 102 Å². The average molecular weight is 245 g/mol. The Balaban J connectivity index is 2.25. The topological polar surface area (TPSA) is 78.9 Å². The van der Waals surface area contributed by atoms with Gasteiger partial charge in [-0.15, -0.1) is 0 Å². The summed E-state index contributed by atoms with van der Waals surface area (Å²) in [7, 11) is 0. The van der Waals surface area contributed by atoms with Crippen LogP contribution in [0, 0.1) is 17.1 Å². The van der Waals surface area contributed by atoms with Crippen molar-refractivity contribution < 1.29 is 14.3 Å². The smallest absolute Gasteiger partial charge is 0.338 e. The SMILES string of the molecule is N#Cc1cc(F)cc(Cn2cc(C(=O)O)cn2)c1. The number of rotatable bonds is 3. The lowest BCUT2D eigenvalue weighted by atomic mass is 10.1. The Kier molecular flexibility index (Phi) is 3.06. The third kappa shape index (κ3) is 2.52. The fraction of sp³-hybridized carbons (Fsp3) is 0.0833. The van der Waals surface area contributed by atoms with E-state index in [-0.39, 0.29) is 17.7 Å². The summed E-state index contributed by atoms with van der Waals surface area (Å²) < 4.78 is 14.6. The molecule has 0 saturated heterocycles. The normalized spacial score (nSPS) is 10.0. The van der Waals surface area contributed by atoms with Crippen LogP contribution in [-0.4, -0.2) is 20.9 Å². The number of halogens is 1. The van der Waals surface area contributed by atoms with Crippen molar-refractivity contribution in [3.63, 3.8) is 0 Å². The van der Waals surface area contributed by atoms with Crippen LogP contribution in [0.2, 0.25) is 0 Å². The number of hydrogen-bond acceptors (Lipinski definition) is 3. The molecular weight excluding hydrogens is 237 g/mol.